The highest BCUT2D eigenvalue weighted by Gasteiger charge is 2.16. The molecule has 11 heteroatoms. The van der Waals surface area contributed by atoms with Crippen molar-refractivity contribution < 1.29 is 9.66 Å². The van der Waals surface area contributed by atoms with Gasteiger partial charge >= 0.3 is 0 Å². The van der Waals surface area contributed by atoms with E-state index < -0.39 is 4.92 Å². The number of benzene rings is 2. The number of hydrazone groups is 1. The van der Waals surface area contributed by atoms with Crippen molar-refractivity contribution in [3.05, 3.63) is 64.2 Å². The summed E-state index contributed by atoms with van der Waals surface area (Å²) in [6, 6.07) is 13.6. The predicted octanol–water partition coefficient (Wildman–Crippen LogP) is 4.36. The Bertz CT molecular complexity index is 1150. The van der Waals surface area contributed by atoms with Gasteiger partial charge < -0.3 is 15.0 Å². The third-order valence-corrected chi connectivity index (χ3v) is 5.32. The molecular formula is C23H26N8O3. The molecule has 0 atom stereocenters. The molecule has 4 rings (SSSR count). The maximum absolute atomic E-state index is 10.9. The van der Waals surface area contributed by atoms with Crippen LogP contribution < -0.4 is 20.4 Å². The van der Waals surface area contributed by atoms with Gasteiger partial charge in [0.05, 0.1) is 18.2 Å². The van der Waals surface area contributed by atoms with Crippen LogP contribution in [0.3, 0.4) is 0 Å². The fourth-order valence-corrected chi connectivity index (χ4v) is 3.56. The minimum Gasteiger partial charge on any atom is -0.497 e. The van der Waals surface area contributed by atoms with Crippen molar-refractivity contribution in [3.63, 3.8) is 0 Å². The first-order valence-corrected chi connectivity index (χ1v) is 11.1. The number of nitro benzene ring substituents is 1. The number of hydrogen-bond acceptors (Lipinski definition) is 10. The molecule has 0 spiro atoms. The molecule has 2 heterocycles. The van der Waals surface area contributed by atoms with Gasteiger partial charge in [0.15, 0.2) is 0 Å². The maximum atomic E-state index is 10.9. The van der Waals surface area contributed by atoms with E-state index in [-0.39, 0.29) is 11.6 Å². The molecule has 2 N–H and O–H groups in total. The summed E-state index contributed by atoms with van der Waals surface area (Å²) in [7, 11) is 1.61. The topological polar surface area (TPSA) is 131 Å². The summed E-state index contributed by atoms with van der Waals surface area (Å²) < 4.78 is 5.24. The van der Waals surface area contributed by atoms with Gasteiger partial charge in [0, 0.05) is 30.9 Å². The molecule has 1 saturated heterocycles. The summed E-state index contributed by atoms with van der Waals surface area (Å²) in [6.45, 7) is 1.74. The number of hydrogen-bond donors (Lipinski definition) is 2. The van der Waals surface area contributed by atoms with Gasteiger partial charge in [0.25, 0.3) is 5.69 Å². The van der Waals surface area contributed by atoms with Crippen LogP contribution in [0.5, 0.6) is 5.75 Å². The van der Waals surface area contributed by atoms with Gasteiger partial charge in [-0.05, 0) is 42.7 Å². The van der Waals surface area contributed by atoms with Gasteiger partial charge in [-0.25, -0.2) is 5.43 Å². The van der Waals surface area contributed by atoms with E-state index in [1.165, 1.54) is 25.0 Å². The zero-order chi connectivity index (χ0) is 23.8. The maximum Gasteiger partial charge on any atom is 0.269 e. The van der Waals surface area contributed by atoms with Crippen molar-refractivity contribution in [1.82, 2.24) is 15.0 Å². The van der Waals surface area contributed by atoms with Crippen molar-refractivity contribution in [2.24, 2.45) is 5.10 Å². The summed E-state index contributed by atoms with van der Waals surface area (Å²) in [5.41, 5.74) is 4.39. The Morgan fingerprint density at radius 3 is 2.47 bits per heavy atom. The van der Waals surface area contributed by atoms with E-state index in [0.717, 1.165) is 37.2 Å². The second-order valence-electron chi connectivity index (χ2n) is 7.76. The van der Waals surface area contributed by atoms with Crippen LogP contribution in [-0.4, -0.2) is 46.3 Å². The molecule has 1 aliphatic rings. The van der Waals surface area contributed by atoms with E-state index in [2.05, 4.69) is 35.7 Å². The number of methoxy groups -OCH3 is 1. The average Bonchev–Trinajstić information content (AvgIpc) is 3.14. The van der Waals surface area contributed by atoms with Crippen LogP contribution in [0.2, 0.25) is 0 Å². The van der Waals surface area contributed by atoms with Gasteiger partial charge in [0.2, 0.25) is 17.8 Å². The normalized spacial score (nSPS) is 14.0. The molecular weight excluding hydrogens is 436 g/mol. The first kappa shape index (κ1) is 22.9. The average molecular weight is 463 g/mol. The van der Waals surface area contributed by atoms with E-state index >= 15 is 0 Å². The Kier molecular flexibility index (Phi) is 7.43. The lowest BCUT2D eigenvalue weighted by Crippen LogP contribution is -2.26. The summed E-state index contributed by atoms with van der Waals surface area (Å²) in [5, 5.41) is 18.3. The Balaban J connectivity index is 1.57. The van der Waals surface area contributed by atoms with E-state index in [1.54, 1.807) is 25.5 Å². The lowest BCUT2D eigenvalue weighted by molar-refractivity contribution is -0.384. The minimum absolute atomic E-state index is 0.0145. The largest absolute Gasteiger partial charge is 0.497 e. The van der Waals surface area contributed by atoms with Crippen LogP contribution in [0, 0.1) is 10.1 Å². The molecule has 1 aromatic heterocycles. The fourth-order valence-electron chi connectivity index (χ4n) is 3.56. The molecule has 1 fully saturated rings. The highest BCUT2D eigenvalue weighted by atomic mass is 16.6. The predicted molar refractivity (Wildman–Crippen MR) is 131 cm³/mol. The third kappa shape index (κ3) is 6.15. The van der Waals surface area contributed by atoms with Crippen molar-refractivity contribution in [1.29, 1.82) is 0 Å². The number of ether oxygens (including phenoxy) is 1. The quantitative estimate of drug-likeness (QED) is 0.285. The lowest BCUT2D eigenvalue weighted by Gasteiger charge is -2.21. The second kappa shape index (κ2) is 11.0. The smallest absolute Gasteiger partial charge is 0.269 e. The molecule has 2 aromatic carbocycles. The summed E-state index contributed by atoms with van der Waals surface area (Å²) in [6.07, 6.45) is 6.18. The molecule has 176 valence electrons. The number of nitro groups is 1. The van der Waals surface area contributed by atoms with E-state index in [9.17, 15) is 10.1 Å². The van der Waals surface area contributed by atoms with Gasteiger partial charge in [-0.2, -0.15) is 20.1 Å². The number of aromatic nitrogens is 3. The van der Waals surface area contributed by atoms with Crippen LogP contribution in [-0.2, 0) is 0 Å². The molecule has 0 aliphatic carbocycles. The number of nitrogens with one attached hydrogen (secondary N) is 2. The molecule has 3 aromatic rings. The molecule has 1 aliphatic heterocycles. The van der Waals surface area contributed by atoms with Crippen LogP contribution >= 0.6 is 0 Å². The molecule has 0 bridgehead atoms. The Labute approximate surface area is 197 Å². The van der Waals surface area contributed by atoms with Gasteiger partial charge in [-0.3, -0.25) is 10.1 Å². The fraction of sp³-hybridized carbons (Fsp3) is 0.304. The molecule has 0 amide bonds. The summed E-state index contributed by atoms with van der Waals surface area (Å²) in [5.74, 6) is 1.91. The second-order valence-corrected chi connectivity index (χ2v) is 7.76. The van der Waals surface area contributed by atoms with Gasteiger partial charge in [-0.15, -0.1) is 0 Å². The molecule has 0 radical (unpaired) electrons. The van der Waals surface area contributed by atoms with E-state index in [4.69, 9.17) is 4.74 Å². The van der Waals surface area contributed by atoms with Crippen LogP contribution in [0.4, 0.5) is 29.2 Å². The zero-order valence-electron chi connectivity index (χ0n) is 18.8. The number of nitrogens with zero attached hydrogens (tertiary/aromatic N) is 6. The van der Waals surface area contributed by atoms with Crippen molar-refractivity contribution >= 4 is 35.4 Å². The first-order valence-electron chi connectivity index (χ1n) is 11.1. The van der Waals surface area contributed by atoms with Gasteiger partial charge in [0.1, 0.15) is 5.75 Å². The van der Waals surface area contributed by atoms with Crippen molar-refractivity contribution in [2.45, 2.75) is 25.7 Å². The van der Waals surface area contributed by atoms with Crippen molar-refractivity contribution in [2.75, 3.05) is 35.8 Å². The number of rotatable bonds is 8. The standard InChI is InChI=1S/C23H26N8O3/c1-34-20-8-6-7-17(15-20)16-24-29-22-26-21(25-18-9-11-19(12-10-18)31(32)33)27-23(28-22)30-13-4-2-3-5-14-30/h6-12,15-16H,2-5,13-14H2,1H3,(H2,25,26,27,28,29)/b24-16+. The minimum atomic E-state index is -0.438. The molecule has 11 nitrogen and oxygen atoms in total. The molecule has 34 heavy (non-hydrogen) atoms. The van der Waals surface area contributed by atoms with Crippen molar-refractivity contribution in [3.8, 4) is 5.75 Å². The monoisotopic (exact) mass is 462 g/mol. The van der Waals surface area contributed by atoms with Crippen LogP contribution in [0.1, 0.15) is 31.2 Å². The Morgan fingerprint density at radius 2 is 1.76 bits per heavy atom. The molecule has 0 saturated carbocycles. The first-order chi connectivity index (χ1) is 16.6. The highest BCUT2D eigenvalue weighted by Crippen LogP contribution is 2.22. The van der Waals surface area contributed by atoms with Crippen LogP contribution in [0.25, 0.3) is 0 Å². The third-order valence-electron chi connectivity index (χ3n) is 5.32. The van der Waals surface area contributed by atoms with Gasteiger partial charge in [-0.1, -0.05) is 25.0 Å². The Morgan fingerprint density at radius 1 is 1.03 bits per heavy atom. The summed E-state index contributed by atoms with van der Waals surface area (Å²) >= 11 is 0. The zero-order valence-corrected chi connectivity index (χ0v) is 18.8. The SMILES string of the molecule is COc1cccc(/C=N/Nc2nc(Nc3ccc([N+](=O)[O-])cc3)nc(N3CCCCCC3)n2)c1. The summed E-state index contributed by atoms with van der Waals surface area (Å²) in [4.78, 5) is 26.2. The highest BCUT2D eigenvalue weighted by molar-refractivity contribution is 5.80. The van der Waals surface area contributed by atoms with E-state index in [1.807, 2.05) is 24.3 Å². The Hall–Kier alpha value is -4.28. The van der Waals surface area contributed by atoms with E-state index in [0.29, 0.717) is 17.6 Å². The number of anilines is 4. The van der Waals surface area contributed by atoms with Crippen LogP contribution in [0.15, 0.2) is 53.6 Å². The lowest BCUT2D eigenvalue weighted by atomic mass is 10.2. The molecule has 0 unspecified atom stereocenters. The number of non-ortho nitro benzene ring substituents is 1.